The van der Waals surface area contributed by atoms with Crippen LogP contribution in [-0.4, -0.2) is 21.6 Å². The van der Waals surface area contributed by atoms with E-state index in [-0.39, 0.29) is 12.1 Å². The summed E-state index contributed by atoms with van der Waals surface area (Å²) in [6.45, 7) is -0.241. The highest BCUT2D eigenvalue weighted by atomic mass is 16.2. The fourth-order valence-electron chi connectivity index (χ4n) is 3.21. The van der Waals surface area contributed by atoms with Gasteiger partial charge in [-0.25, -0.2) is 4.68 Å². The minimum Gasteiger partial charge on any atom is -0.366 e. The Balaban J connectivity index is 1.58. The van der Waals surface area contributed by atoms with E-state index in [2.05, 4.69) is 10.4 Å². The van der Waals surface area contributed by atoms with Crippen LogP contribution in [0, 0.1) is 0 Å². The molecular weight excluding hydrogens is 380 g/mol. The summed E-state index contributed by atoms with van der Waals surface area (Å²) in [7, 11) is 0. The number of primary amides is 1. The number of hydrogen-bond donors (Lipinski definition) is 2. The average Bonchev–Trinajstić information content (AvgIpc) is 2.75. The highest BCUT2D eigenvalue weighted by Crippen LogP contribution is 2.26. The van der Waals surface area contributed by atoms with Crippen molar-refractivity contribution in [3.63, 3.8) is 0 Å². The molecule has 0 radical (unpaired) electrons. The van der Waals surface area contributed by atoms with Gasteiger partial charge in [0.2, 0.25) is 11.8 Å². The normalized spacial score (nSPS) is 10.7. The SMILES string of the molecule is NC(=O)c1ccc(NC(=O)Cn2nc(-c3cccc4ccccc34)ccc2=O)cc1. The topological polar surface area (TPSA) is 107 Å². The lowest BCUT2D eigenvalue weighted by Crippen LogP contribution is -2.29. The van der Waals surface area contributed by atoms with Crippen molar-refractivity contribution in [2.24, 2.45) is 5.73 Å². The van der Waals surface area contributed by atoms with Crippen LogP contribution in [0.2, 0.25) is 0 Å². The molecular formula is C23H18N4O3. The summed E-state index contributed by atoms with van der Waals surface area (Å²) in [5.41, 5.74) is 7.14. The van der Waals surface area contributed by atoms with Gasteiger partial charge in [0.05, 0.1) is 5.69 Å². The average molecular weight is 398 g/mol. The highest BCUT2D eigenvalue weighted by molar-refractivity contribution is 5.96. The molecule has 4 rings (SSSR count). The van der Waals surface area contributed by atoms with Gasteiger partial charge in [0, 0.05) is 22.9 Å². The summed E-state index contributed by atoms with van der Waals surface area (Å²) >= 11 is 0. The minimum atomic E-state index is -0.547. The first-order valence-corrected chi connectivity index (χ1v) is 9.27. The van der Waals surface area contributed by atoms with Gasteiger partial charge in [-0.1, -0.05) is 42.5 Å². The quantitative estimate of drug-likeness (QED) is 0.539. The molecule has 0 unspecified atom stereocenters. The zero-order chi connectivity index (χ0) is 21.1. The van der Waals surface area contributed by atoms with Crippen LogP contribution < -0.4 is 16.6 Å². The van der Waals surface area contributed by atoms with E-state index in [0.717, 1.165) is 21.0 Å². The van der Waals surface area contributed by atoms with Gasteiger partial charge in [-0.3, -0.25) is 14.4 Å². The second-order valence-corrected chi connectivity index (χ2v) is 6.73. The van der Waals surface area contributed by atoms with Gasteiger partial charge >= 0.3 is 0 Å². The number of nitrogens with one attached hydrogen (secondary N) is 1. The zero-order valence-corrected chi connectivity index (χ0v) is 15.9. The van der Waals surface area contributed by atoms with E-state index in [1.807, 2.05) is 42.5 Å². The lowest BCUT2D eigenvalue weighted by atomic mass is 10.0. The van der Waals surface area contributed by atoms with E-state index in [4.69, 9.17) is 5.73 Å². The third kappa shape index (κ3) is 3.95. The van der Waals surface area contributed by atoms with Crippen molar-refractivity contribution in [1.82, 2.24) is 9.78 Å². The molecule has 0 spiro atoms. The van der Waals surface area contributed by atoms with E-state index in [9.17, 15) is 14.4 Å². The number of nitrogens with zero attached hydrogens (tertiary/aromatic N) is 2. The molecule has 3 aromatic carbocycles. The maximum atomic E-state index is 12.4. The van der Waals surface area contributed by atoms with Gasteiger partial charge in [-0.05, 0) is 41.1 Å². The molecule has 0 bridgehead atoms. The number of carbonyl (C=O) groups is 2. The molecule has 1 aromatic heterocycles. The first kappa shape index (κ1) is 19.1. The van der Waals surface area contributed by atoms with E-state index < -0.39 is 11.8 Å². The number of nitrogens with two attached hydrogens (primary N) is 1. The molecule has 148 valence electrons. The lowest BCUT2D eigenvalue weighted by Gasteiger charge is -2.10. The molecule has 3 N–H and O–H groups in total. The molecule has 1 heterocycles. The van der Waals surface area contributed by atoms with Crippen molar-refractivity contribution in [1.29, 1.82) is 0 Å². The molecule has 7 nitrogen and oxygen atoms in total. The van der Waals surface area contributed by atoms with Gasteiger partial charge in [-0.15, -0.1) is 0 Å². The van der Waals surface area contributed by atoms with Crippen LogP contribution in [0.25, 0.3) is 22.0 Å². The smallest absolute Gasteiger partial charge is 0.267 e. The van der Waals surface area contributed by atoms with Gasteiger partial charge in [0.1, 0.15) is 6.54 Å². The molecule has 2 amide bonds. The number of aromatic nitrogens is 2. The van der Waals surface area contributed by atoms with E-state index in [0.29, 0.717) is 16.9 Å². The maximum absolute atomic E-state index is 12.4. The number of hydrogen-bond acceptors (Lipinski definition) is 4. The second kappa shape index (κ2) is 8.00. The molecule has 0 saturated heterocycles. The molecule has 0 saturated carbocycles. The number of carbonyl (C=O) groups excluding carboxylic acids is 2. The van der Waals surface area contributed by atoms with Gasteiger partial charge in [0.25, 0.3) is 5.56 Å². The van der Waals surface area contributed by atoms with E-state index >= 15 is 0 Å². The van der Waals surface area contributed by atoms with E-state index in [1.165, 1.54) is 18.2 Å². The van der Waals surface area contributed by atoms with Crippen molar-refractivity contribution < 1.29 is 9.59 Å². The molecule has 0 aliphatic rings. The van der Waals surface area contributed by atoms with Crippen LogP contribution in [0.5, 0.6) is 0 Å². The van der Waals surface area contributed by atoms with Gasteiger partial charge < -0.3 is 11.1 Å². The molecule has 0 aliphatic heterocycles. The number of anilines is 1. The monoisotopic (exact) mass is 398 g/mol. The maximum Gasteiger partial charge on any atom is 0.267 e. The number of rotatable bonds is 5. The summed E-state index contributed by atoms with van der Waals surface area (Å²) in [5, 5.41) is 9.15. The lowest BCUT2D eigenvalue weighted by molar-refractivity contribution is -0.117. The fourth-order valence-corrected chi connectivity index (χ4v) is 3.21. The second-order valence-electron chi connectivity index (χ2n) is 6.73. The first-order chi connectivity index (χ1) is 14.5. The third-order valence-electron chi connectivity index (χ3n) is 4.68. The molecule has 0 atom stereocenters. The number of benzene rings is 3. The van der Waals surface area contributed by atoms with Crippen LogP contribution >= 0.6 is 0 Å². The van der Waals surface area contributed by atoms with Crippen molar-refractivity contribution in [2.45, 2.75) is 6.54 Å². The van der Waals surface area contributed by atoms with Crippen LogP contribution in [0.15, 0.2) is 83.7 Å². The molecule has 30 heavy (non-hydrogen) atoms. The third-order valence-corrected chi connectivity index (χ3v) is 4.68. The molecule has 0 fully saturated rings. The van der Waals surface area contributed by atoms with Crippen molar-refractivity contribution in [3.8, 4) is 11.3 Å². The van der Waals surface area contributed by atoms with Crippen LogP contribution in [0.4, 0.5) is 5.69 Å². The predicted molar refractivity (Wildman–Crippen MR) is 115 cm³/mol. The summed E-state index contributed by atoms with van der Waals surface area (Å²) in [6.07, 6.45) is 0. The predicted octanol–water partition coefficient (Wildman–Crippen LogP) is 2.80. The van der Waals surface area contributed by atoms with Crippen LogP contribution in [0.3, 0.4) is 0 Å². The van der Waals surface area contributed by atoms with E-state index in [1.54, 1.807) is 18.2 Å². The van der Waals surface area contributed by atoms with Gasteiger partial charge in [0.15, 0.2) is 0 Å². The summed E-state index contributed by atoms with van der Waals surface area (Å²) in [4.78, 5) is 35.8. The van der Waals surface area contributed by atoms with Crippen molar-refractivity contribution in [2.75, 3.05) is 5.32 Å². The molecule has 0 aliphatic carbocycles. The highest BCUT2D eigenvalue weighted by Gasteiger charge is 2.10. The minimum absolute atomic E-state index is 0.241. The first-order valence-electron chi connectivity index (χ1n) is 9.27. The summed E-state index contributed by atoms with van der Waals surface area (Å²) in [5.74, 6) is -0.958. The Hall–Kier alpha value is -4.26. The molecule has 4 aromatic rings. The summed E-state index contributed by atoms with van der Waals surface area (Å²) in [6, 6.07) is 23.0. The van der Waals surface area contributed by atoms with Crippen molar-refractivity contribution in [3.05, 3.63) is 94.8 Å². The zero-order valence-electron chi connectivity index (χ0n) is 15.9. The molecule has 7 heteroatoms. The fraction of sp³-hybridized carbons (Fsp3) is 0.0435. The standard InChI is InChI=1S/C23H18N4O3/c24-23(30)16-8-10-17(11-9-16)25-21(28)14-27-22(29)13-12-20(26-27)19-7-3-5-15-4-1-2-6-18(15)19/h1-13H,14H2,(H2,24,30)(H,25,28). The van der Waals surface area contributed by atoms with Gasteiger partial charge in [-0.2, -0.15) is 5.10 Å². The van der Waals surface area contributed by atoms with Crippen LogP contribution in [-0.2, 0) is 11.3 Å². The Labute approximate surface area is 171 Å². The largest absolute Gasteiger partial charge is 0.366 e. The Morgan fingerprint density at radius 2 is 1.63 bits per heavy atom. The van der Waals surface area contributed by atoms with Crippen LogP contribution in [0.1, 0.15) is 10.4 Å². The Bertz CT molecular complexity index is 1300. The Morgan fingerprint density at radius 3 is 2.40 bits per heavy atom. The van der Waals surface area contributed by atoms with Crippen molar-refractivity contribution >= 4 is 28.3 Å². The number of fused-ring (bicyclic) bond motifs is 1. The number of amides is 2. The Kier molecular flexibility index (Phi) is 5.09. The summed E-state index contributed by atoms with van der Waals surface area (Å²) < 4.78 is 1.13. The Morgan fingerprint density at radius 1 is 0.900 bits per heavy atom.